The highest BCUT2D eigenvalue weighted by atomic mass is 19.2. The van der Waals surface area contributed by atoms with E-state index in [0.717, 1.165) is 12.1 Å². The number of imide groups is 1. The topological polar surface area (TPSA) is 84.2 Å². The molecule has 5 nitrogen and oxygen atoms in total. The summed E-state index contributed by atoms with van der Waals surface area (Å²) >= 11 is 0. The Bertz CT molecular complexity index is 438. The molecule has 1 aromatic rings. The number of nitrogens with two attached hydrogens (primary N) is 1. The van der Waals surface area contributed by atoms with Gasteiger partial charge >= 0.3 is 6.03 Å². The molecule has 0 atom stereocenters. The van der Waals surface area contributed by atoms with Crippen LogP contribution in [-0.4, -0.2) is 18.5 Å². The fourth-order valence-corrected chi connectivity index (χ4v) is 1.15. The highest BCUT2D eigenvalue weighted by Gasteiger charge is 2.05. The van der Waals surface area contributed by atoms with Crippen molar-refractivity contribution in [3.8, 4) is 0 Å². The van der Waals surface area contributed by atoms with Crippen LogP contribution < -0.4 is 16.4 Å². The molecule has 0 aliphatic heterocycles. The van der Waals surface area contributed by atoms with Gasteiger partial charge in [-0.15, -0.1) is 0 Å². The quantitative estimate of drug-likeness (QED) is 0.708. The molecule has 3 amide bonds. The van der Waals surface area contributed by atoms with Crippen LogP contribution in [0.3, 0.4) is 0 Å². The van der Waals surface area contributed by atoms with Gasteiger partial charge in [0, 0.05) is 6.54 Å². The second kappa shape index (κ2) is 5.90. The smallest absolute Gasteiger partial charge is 0.318 e. The first-order valence-corrected chi connectivity index (χ1v) is 4.73. The minimum atomic E-state index is -0.953. The first-order chi connectivity index (χ1) is 7.99. The maximum absolute atomic E-state index is 12.8. The monoisotopic (exact) mass is 243 g/mol. The molecule has 4 N–H and O–H groups in total. The van der Waals surface area contributed by atoms with Crippen LogP contribution in [0.4, 0.5) is 13.6 Å². The number of carbonyl (C=O) groups excluding carboxylic acids is 2. The van der Waals surface area contributed by atoms with Gasteiger partial charge in [0.05, 0.1) is 6.54 Å². The maximum atomic E-state index is 12.8. The van der Waals surface area contributed by atoms with Crippen molar-refractivity contribution < 1.29 is 18.4 Å². The molecule has 0 spiro atoms. The van der Waals surface area contributed by atoms with Gasteiger partial charge in [0.25, 0.3) is 0 Å². The summed E-state index contributed by atoms with van der Waals surface area (Å²) in [6.07, 6.45) is 0. The summed E-state index contributed by atoms with van der Waals surface area (Å²) in [5.74, 6) is -2.48. The summed E-state index contributed by atoms with van der Waals surface area (Å²) in [6.45, 7) is 0.0192. The average molecular weight is 243 g/mol. The van der Waals surface area contributed by atoms with Crippen molar-refractivity contribution in [2.24, 2.45) is 5.73 Å². The van der Waals surface area contributed by atoms with Gasteiger partial charge in [0.1, 0.15) is 0 Å². The molecule has 0 unspecified atom stereocenters. The van der Waals surface area contributed by atoms with Crippen molar-refractivity contribution in [3.63, 3.8) is 0 Å². The summed E-state index contributed by atoms with van der Waals surface area (Å²) in [5.41, 5.74) is 5.21. The molecule has 0 saturated carbocycles. The van der Waals surface area contributed by atoms with Gasteiger partial charge in [-0.05, 0) is 17.7 Å². The number of hydrogen-bond acceptors (Lipinski definition) is 3. The minimum Gasteiger partial charge on any atom is -0.351 e. The lowest BCUT2D eigenvalue weighted by molar-refractivity contribution is -0.119. The fraction of sp³-hybridized carbons (Fsp3) is 0.200. The number of nitrogens with one attached hydrogen (secondary N) is 2. The second-order valence-electron chi connectivity index (χ2n) is 3.26. The molecule has 0 aromatic heterocycles. The third kappa shape index (κ3) is 4.56. The molecule has 92 valence electrons. The Morgan fingerprint density at radius 2 is 1.94 bits per heavy atom. The molecule has 0 aliphatic rings. The van der Waals surface area contributed by atoms with E-state index < -0.39 is 23.6 Å². The predicted molar refractivity (Wildman–Crippen MR) is 55.8 cm³/mol. The van der Waals surface area contributed by atoms with Crippen LogP contribution in [0.5, 0.6) is 0 Å². The number of hydrogen-bond donors (Lipinski definition) is 3. The normalized spacial score (nSPS) is 10.0. The van der Waals surface area contributed by atoms with Crippen molar-refractivity contribution in [1.29, 1.82) is 0 Å². The van der Waals surface area contributed by atoms with Gasteiger partial charge in [-0.3, -0.25) is 10.1 Å². The molecule has 7 heteroatoms. The van der Waals surface area contributed by atoms with Crippen LogP contribution in [0.1, 0.15) is 5.56 Å². The van der Waals surface area contributed by atoms with Crippen LogP contribution in [0.25, 0.3) is 0 Å². The number of halogens is 2. The summed E-state index contributed by atoms with van der Waals surface area (Å²) in [5, 5.41) is 4.50. The molecular weight excluding hydrogens is 232 g/mol. The Balaban J connectivity index is 2.38. The molecule has 1 aromatic carbocycles. The lowest BCUT2D eigenvalue weighted by atomic mass is 10.2. The SMILES string of the molecule is NC(=O)NC(=O)CNCc1ccc(F)c(F)c1. The summed E-state index contributed by atoms with van der Waals surface area (Å²) in [7, 11) is 0. The molecule has 0 fully saturated rings. The first kappa shape index (κ1) is 13.0. The number of rotatable bonds is 4. The number of carbonyl (C=O) groups is 2. The van der Waals surface area contributed by atoms with Gasteiger partial charge < -0.3 is 11.1 Å². The van der Waals surface area contributed by atoms with Gasteiger partial charge in [-0.2, -0.15) is 0 Å². The predicted octanol–water partition coefficient (Wildman–Crippen LogP) is 0.249. The molecule has 1 rings (SSSR count). The van der Waals surface area contributed by atoms with Crippen molar-refractivity contribution in [2.75, 3.05) is 6.54 Å². The Kier molecular flexibility index (Phi) is 4.53. The van der Waals surface area contributed by atoms with E-state index in [9.17, 15) is 18.4 Å². The first-order valence-electron chi connectivity index (χ1n) is 4.73. The molecule has 0 radical (unpaired) electrons. The van der Waals surface area contributed by atoms with E-state index in [1.807, 2.05) is 5.32 Å². The molecule has 0 saturated heterocycles. The molecule has 0 heterocycles. The van der Waals surface area contributed by atoms with Crippen molar-refractivity contribution in [2.45, 2.75) is 6.54 Å². The van der Waals surface area contributed by atoms with Crippen molar-refractivity contribution in [1.82, 2.24) is 10.6 Å². The minimum absolute atomic E-state index is 0.151. The summed E-state index contributed by atoms with van der Waals surface area (Å²) in [6, 6.07) is 2.46. The summed E-state index contributed by atoms with van der Waals surface area (Å²) < 4.78 is 25.4. The zero-order chi connectivity index (χ0) is 12.8. The van der Waals surface area contributed by atoms with Gasteiger partial charge in [0.2, 0.25) is 5.91 Å². The van der Waals surface area contributed by atoms with Crippen LogP contribution in [0, 0.1) is 11.6 Å². The third-order valence-electron chi connectivity index (χ3n) is 1.86. The van der Waals surface area contributed by atoms with E-state index in [0.29, 0.717) is 5.56 Å². The van der Waals surface area contributed by atoms with E-state index in [4.69, 9.17) is 5.73 Å². The number of urea groups is 1. The van der Waals surface area contributed by atoms with Gasteiger partial charge in [0.15, 0.2) is 11.6 Å². The highest BCUT2D eigenvalue weighted by molar-refractivity contribution is 5.94. The number of benzene rings is 1. The van der Waals surface area contributed by atoms with Crippen LogP contribution in [0.2, 0.25) is 0 Å². The third-order valence-corrected chi connectivity index (χ3v) is 1.86. The zero-order valence-electron chi connectivity index (χ0n) is 8.80. The van der Waals surface area contributed by atoms with E-state index >= 15 is 0 Å². The second-order valence-corrected chi connectivity index (χ2v) is 3.26. The zero-order valence-corrected chi connectivity index (χ0v) is 8.80. The van der Waals surface area contributed by atoms with Gasteiger partial charge in [-0.25, -0.2) is 13.6 Å². The fourth-order valence-electron chi connectivity index (χ4n) is 1.15. The summed E-state index contributed by atoms with van der Waals surface area (Å²) in [4.78, 5) is 21.3. The van der Waals surface area contributed by atoms with Crippen molar-refractivity contribution >= 4 is 11.9 Å². The van der Waals surface area contributed by atoms with Crippen LogP contribution >= 0.6 is 0 Å². The number of amides is 3. The van der Waals surface area contributed by atoms with E-state index in [1.165, 1.54) is 6.07 Å². The molecular formula is C10H11F2N3O2. The highest BCUT2D eigenvalue weighted by Crippen LogP contribution is 2.07. The molecule has 17 heavy (non-hydrogen) atoms. The van der Waals surface area contributed by atoms with Crippen molar-refractivity contribution in [3.05, 3.63) is 35.4 Å². The lowest BCUT2D eigenvalue weighted by Crippen LogP contribution is -2.40. The Morgan fingerprint density at radius 1 is 1.24 bits per heavy atom. The lowest BCUT2D eigenvalue weighted by Gasteiger charge is -2.04. The average Bonchev–Trinajstić information content (AvgIpc) is 2.22. The van der Waals surface area contributed by atoms with Crippen LogP contribution in [-0.2, 0) is 11.3 Å². The van der Waals surface area contributed by atoms with Gasteiger partial charge in [-0.1, -0.05) is 6.07 Å². The van der Waals surface area contributed by atoms with E-state index in [1.54, 1.807) is 0 Å². The Morgan fingerprint density at radius 3 is 2.53 bits per heavy atom. The van der Waals surface area contributed by atoms with Crippen LogP contribution in [0.15, 0.2) is 18.2 Å². The maximum Gasteiger partial charge on any atom is 0.318 e. The standard InChI is InChI=1S/C10H11F2N3O2/c11-7-2-1-6(3-8(7)12)4-14-5-9(16)15-10(13)17/h1-3,14H,4-5H2,(H3,13,15,16,17). The Labute approximate surface area is 96.0 Å². The molecule has 0 bridgehead atoms. The molecule has 0 aliphatic carbocycles. The largest absolute Gasteiger partial charge is 0.351 e. The number of primary amides is 1. The Hall–Kier alpha value is -2.02. The van der Waals surface area contributed by atoms with E-state index in [2.05, 4.69) is 5.32 Å². The van der Waals surface area contributed by atoms with E-state index in [-0.39, 0.29) is 13.1 Å².